The number of aromatic nitrogens is 2. The van der Waals surface area contributed by atoms with Gasteiger partial charge in [-0.25, -0.2) is 15.8 Å². The van der Waals surface area contributed by atoms with Gasteiger partial charge in [-0.15, -0.1) is 0 Å². The van der Waals surface area contributed by atoms with E-state index in [1.807, 2.05) is 11.9 Å². The third kappa shape index (κ3) is 4.89. The molecule has 2 aromatic rings. The Kier molecular flexibility index (Phi) is 7.12. The molecule has 2 unspecified atom stereocenters. The minimum absolute atomic E-state index is 0.0346. The molecule has 2 atom stereocenters. The first-order chi connectivity index (χ1) is 16.8. The Morgan fingerprint density at radius 3 is 2.77 bits per heavy atom. The number of H-pyrrole nitrogens is 1. The molecule has 0 radical (unpaired) electrons. The molecule has 2 aliphatic rings. The van der Waals surface area contributed by atoms with Crippen LogP contribution in [0.2, 0.25) is 0 Å². The van der Waals surface area contributed by atoms with Gasteiger partial charge in [-0.2, -0.15) is 0 Å². The summed E-state index contributed by atoms with van der Waals surface area (Å²) in [5, 5.41) is 2.97. The lowest BCUT2D eigenvalue weighted by Crippen LogP contribution is -2.47. The highest BCUT2D eigenvalue weighted by molar-refractivity contribution is 5.91. The second kappa shape index (κ2) is 10.1. The van der Waals surface area contributed by atoms with E-state index in [4.69, 9.17) is 11.3 Å². The molecular formula is C24H31FN6O4. The number of methoxy groups -OCH3 is 1. The molecule has 1 aromatic carbocycles. The van der Waals surface area contributed by atoms with Gasteiger partial charge in [0.2, 0.25) is 12.5 Å². The maximum Gasteiger partial charge on any atom is 0.329 e. The molecule has 1 aliphatic carbocycles. The van der Waals surface area contributed by atoms with Crippen LogP contribution in [0.1, 0.15) is 32.2 Å². The van der Waals surface area contributed by atoms with Crippen LogP contribution >= 0.6 is 0 Å². The van der Waals surface area contributed by atoms with E-state index in [0.717, 1.165) is 19.3 Å². The quantitative estimate of drug-likeness (QED) is 0.519. The van der Waals surface area contributed by atoms with Crippen LogP contribution in [0.5, 0.6) is 5.75 Å². The molecule has 2 fully saturated rings. The summed E-state index contributed by atoms with van der Waals surface area (Å²) in [5.41, 5.74) is -0.588. The van der Waals surface area contributed by atoms with Crippen molar-refractivity contribution >= 4 is 22.5 Å². The highest BCUT2D eigenvalue weighted by Gasteiger charge is 2.36. The van der Waals surface area contributed by atoms with Crippen LogP contribution < -0.4 is 26.2 Å². The zero-order valence-corrected chi connectivity index (χ0v) is 20.3. The van der Waals surface area contributed by atoms with Gasteiger partial charge in [-0.05, 0) is 38.3 Å². The molecule has 0 spiro atoms. The smallest absolute Gasteiger partial charge is 0.329 e. The lowest BCUT2D eigenvalue weighted by atomic mass is 9.97. The molecule has 1 aliphatic heterocycles. The topological polar surface area (TPSA) is 104 Å². The maximum atomic E-state index is 15.5. The van der Waals surface area contributed by atoms with Crippen molar-refractivity contribution in [1.82, 2.24) is 19.8 Å². The van der Waals surface area contributed by atoms with E-state index in [2.05, 4.69) is 20.0 Å². The third-order valence-corrected chi connectivity index (χ3v) is 7.00. The minimum atomic E-state index is -0.637. The monoisotopic (exact) mass is 486 g/mol. The fourth-order valence-corrected chi connectivity index (χ4v) is 5.12. The lowest BCUT2D eigenvalue weighted by Gasteiger charge is -2.32. The summed E-state index contributed by atoms with van der Waals surface area (Å²) in [4.78, 5) is 46.4. The largest absolute Gasteiger partial charge is 0.492 e. The van der Waals surface area contributed by atoms with Crippen LogP contribution in [-0.4, -0.2) is 73.3 Å². The Morgan fingerprint density at radius 2 is 2.14 bits per heavy atom. The molecule has 188 valence electrons. The maximum absolute atomic E-state index is 15.5. The number of rotatable bonds is 9. The van der Waals surface area contributed by atoms with Crippen LogP contribution in [0.25, 0.3) is 15.7 Å². The molecular weight excluding hydrogens is 455 g/mol. The van der Waals surface area contributed by atoms with E-state index in [1.165, 1.54) is 24.7 Å². The van der Waals surface area contributed by atoms with Crippen LogP contribution in [0.15, 0.2) is 15.7 Å². The summed E-state index contributed by atoms with van der Waals surface area (Å²) in [6, 6.07) is 1.11. The number of nitrogens with one attached hydrogen (secondary N) is 2. The molecule has 1 aromatic heterocycles. The molecule has 2 heterocycles. The predicted molar refractivity (Wildman–Crippen MR) is 131 cm³/mol. The van der Waals surface area contributed by atoms with Gasteiger partial charge in [0.05, 0.1) is 19.0 Å². The molecule has 35 heavy (non-hydrogen) atoms. The predicted octanol–water partition coefficient (Wildman–Crippen LogP) is 1.35. The number of anilines is 1. The first-order valence-corrected chi connectivity index (χ1v) is 11.8. The zero-order valence-electron chi connectivity index (χ0n) is 20.3. The minimum Gasteiger partial charge on any atom is -0.492 e. The van der Waals surface area contributed by atoms with Gasteiger partial charge < -0.3 is 19.8 Å². The number of hydrogen-bond acceptors (Lipinski definition) is 6. The molecule has 1 saturated carbocycles. The summed E-state index contributed by atoms with van der Waals surface area (Å²) in [5.74, 6) is -0.423. The van der Waals surface area contributed by atoms with Gasteiger partial charge in [0.15, 0.2) is 11.6 Å². The van der Waals surface area contributed by atoms with Crippen molar-refractivity contribution < 1.29 is 13.9 Å². The number of amides is 1. The second-order valence-corrected chi connectivity index (χ2v) is 9.36. The van der Waals surface area contributed by atoms with Gasteiger partial charge in [-0.1, -0.05) is 0 Å². The highest BCUT2D eigenvalue weighted by atomic mass is 19.1. The lowest BCUT2D eigenvalue weighted by molar-refractivity contribution is -0.119. The Labute approximate surface area is 202 Å². The van der Waals surface area contributed by atoms with Crippen molar-refractivity contribution in [3.63, 3.8) is 0 Å². The number of fused-ring (bicyclic) bond motifs is 1. The van der Waals surface area contributed by atoms with Gasteiger partial charge >= 0.3 is 5.69 Å². The van der Waals surface area contributed by atoms with Crippen LogP contribution in [-0.2, 0) is 4.79 Å². The van der Waals surface area contributed by atoms with Crippen molar-refractivity contribution in [2.24, 2.45) is 5.92 Å². The highest BCUT2D eigenvalue weighted by Crippen LogP contribution is 2.43. The van der Waals surface area contributed by atoms with E-state index in [1.54, 1.807) is 0 Å². The van der Waals surface area contributed by atoms with Gasteiger partial charge in [0.25, 0.3) is 5.56 Å². The standard InChI is InChI=1S/C24H31FN6O4/c1-14(32)27-12-19(29(3)10-8-26-2)15-7-9-30(13-15)21-18(25)11-17-20(22(21)35-4)31(16-5-6-16)24(34)28-23(17)33/h11,15-16,19H,5-10,12-13H2,1,3-4H3,(H,27,32)(H,28,33,34). The average molecular weight is 487 g/mol. The zero-order chi connectivity index (χ0) is 25.3. The van der Waals surface area contributed by atoms with E-state index < -0.39 is 17.1 Å². The number of nitrogens with zero attached hydrogens (tertiary/aromatic N) is 4. The fraction of sp³-hybridized carbons (Fsp3) is 0.583. The molecule has 1 saturated heterocycles. The molecule has 4 rings (SSSR count). The second-order valence-electron chi connectivity index (χ2n) is 9.36. The third-order valence-electron chi connectivity index (χ3n) is 7.00. The number of hydrogen-bond donors (Lipinski definition) is 2. The van der Waals surface area contributed by atoms with Crippen molar-refractivity contribution in [3.8, 4) is 5.75 Å². The molecule has 11 heteroatoms. The summed E-state index contributed by atoms with van der Waals surface area (Å²) >= 11 is 0. The summed E-state index contributed by atoms with van der Waals surface area (Å²) < 4.78 is 22.7. The van der Waals surface area contributed by atoms with Crippen molar-refractivity contribution in [2.45, 2.75) is 38.3 Å². The Hall–Kier alpha value is -3.39. The number of benzene rings is 1. The van der Waals surface area contributed by atoms with E-state index in [9.17, 15) is 14.4 Å². The van der Waals surface area contributed by atoms with Gasteiger partial charge in [-0.3, -0.25) is 24.0 Å². The number of ether oxygens (including phenoxy) is 1. The van der Waals surface area contributed by atoms with Crippen molar-refractivity contribution in [1.29, 1.82) is 0 Å². The Balaban J connectivity index is 1.72. The Bertz CT molecular complexity index is 1280. The Morgan fingerprint density at radius 1 is 1.40 bits per heavy atom. The van der Waals surface area contributed by atoms with Crippen LogP contribution in [0.4, 0.5) is 10.1 Å². The van der Waals surface area contributed by atoms with Crippen molar-refractivity contribution in [3.05, 3.63) is 44.1 Å². The first kappa shape index (κ1) is 24.7. The van der Waals surface area contributed by atoms with Gasteiger partial charge in [0, 0.05) is 38.6 Å². The summed E-state index contributed by atoms with van der Waals surface area (Å²) in [7, 11) is 3.35. The number of halogens is 1. The van der Waals surface area contributed by atoms with E-state index in [-0.39, 0.29) is 40.7 Å². The molecule has 0 bridgehead atoms. The van der Waals surface area contributed by atoms with E-state index >= 15 is 4.39 Å². The summed E-state index contributed by atoms with van der Waals surface area (Å²) in [6.07, 6.45) is 2.37. The molecule has 2 N–H and O–H groups in total. The fourth-order valence-electron chi connectivity index (χ4n) is 5.12. The van der Waals surface area contributed by atoms with Crippen LogP contribution in [0.3, 0.4) is 0 Å². The number of aromatic amines is 1. The first-order valence-electron chi connectivity index (χ1n) is 11.8. The molecule has 10 nitrogen and oxygen atoms in total. The number of carbonyl (C=O) groups excluding carboxylic acids is 1. The normalized spacial score (nSPS) is 18.6. The van der Waals surface area contributed by atoms with Crippen molar-refractivity contribution in [2.75, 3.05) is 51.8 Å². The van der Waals surface area contributed by atoms with Gasteiger partial charge in [0.1, 0.15) is 11.2 Å². The number of carbonyl (C=O) groups is 1. The SMILES string of the molecule is [C-]#[N+]CCN(C)C(CNC(C)=O)C1CCN(c2c(F)cc3c(=O)[nH]c(=O)n(C4CC4)c3c2OC)C1. The number of likely N-dealkylation sites (N-methyl/N-ethyl adjacent to an activating group) is 1. The van der Waals surface area contributed by atoms with Crippen LogP contribution in [0, 0.1) is 18.3 Å². The summed E-state index contributed by atoms with van der Waals surface area (Å²) in [6.45, 7) is 11.0. The van der Waals surface area contributed by atoms with E-state index in [0.29, 0.717) is 38.2 Å². The molecule has 1 amide bonds. The average Bonchev–Trinajstić information content (AvgIpc) is 3.54.